The number of tetrazole rings is 1. The predicted octanol–water partition coefficient (Wildman–Crippen LogP) is 3.71. The fraction of sp³-hybridized carbons (Fsp3) is 0.250. The van der Waals surface area contributed by atoms with Crippen molar-refractivity contribution in [2.24, 2.45) is 0 Å². The van der Waals surface area contributed by atoms with E-state index in [1.165, 1.54) is 4.57 Å². The van der Waals surface area contributed by atoms with Gasteiger partial charge in [0.2, 0.25) is 5.82 Å². The summed E-state index contributed by atoms with van der Waals surface area (Å²) in [6, 6.07) is 26.1. The minimum Gasteiger partial charge on any atom is -0.383 e. The molecule has 0 saturated heterocycles. The van der Waals surface area contributed by atoms with E-state index < -0.39 is 0 Å². The van der Waals surface area contributed by atoms with Gasteiger partial charge in [0.1, 0.15) is 5.82 Å². The van der Waals surface area contributed by atoms with Crippen LogP contribution in [-0.2, 0) is 37.2 Å². The Kier molecular flexibility index (Phi) is 8.05. The summed E-state index contributed by atoms with van der Waals surface area (Å²) in [5.74, 6) is 1.27. The lowest BCUT2D eigenvalue weighted by molar-refractivity contribution is 0.184. The summed E-state index contributed by atoms with van der Waals surface area (Å²) in [5.41, 5.74) is 5.09. The number of hydrogen-bond acceptors (Lipinski definition) is 7. The van der Waals surface area contributed by atoms with Crippen molar-refractivity contribution in [3.05, 3.63) is 117 Å². The third-order valence-corrected chi connectivity index (χ3v) is 7.61. The van der Waals surface area contributed by atoms with Crippen LogP contribution in [0.3, 0.4) is 0 Å². The molecule has 6 aromatic rings. The molecule has 0 amide bonds. The molecular weight excluding hydrogens is 544 g/mol. The molecule has 0 unspecified atom stereocenters. The van der Waals surface area contributed by atoms with Crippen molar-refractivity contribution in [1.29, 1.82) is 0 Å². The molecule has 3 aromatic carbocycles. The van der Waals surface area contributed by atoms with Crippen molar-refractivity contribution >= 4 is 11.2 Å². The Morgan fingerprint density at radius 3 is 2.26 bits per heavy atom. The molecule has 218 valence electrons. The summed E-state index contributed by atoms with van der Waals surface area (Å²) >= 11 is 0. The van der Waals surface area contributed by atoms with E-state index in [0.29, 0.717) is 42.9 Å². The van der Waals surface area contributed by atoms with Gasteiger partial charge in [0.05, 0.1) is 13.2 Å². The van der Waals surface area contributed by atoms with Crippen LogP contribution in [0.5, 0.6) is 0 Å². The summed E-state index contributed by atoms with van der Waals surface area (Å²) in [5, 5.41) is 14.5. The number of nitrogens with one attached hydrogen (secondary N) is 1. The van der Waals surface area contributed by atoms with Gasteiger partial charge in [0, 0.05) is 32.2 Å². The molecule has 0 aliphatic carbocycles. The van der Waals surface area contributed by atoms with Crippen LogP contribution >= 0.6 is 0 Å². The molecule has 11 nitrogen and oxygen atoms in total. The molecule has 0 aliphatic rings. The van der Waals surface area contributed by atoms with Crippen molar-refractivity contribution in [1.82, 2.24) is 39.3 Å². The first-order valence-electron chi connectivity index (χ1n) is 14.3. The molecule has 0 radical (unpaired) electrons. The molecule has 0 saturated carbocycles. The highest BCUT2D eigenvalue weighted by Crippen LogP contribution is 2.30. The SMILES string of the molecule is CCc1nc2c(c(=O)n(CCOC)c(=O)n2CCc2ccccc2)n1Cc1ccc(-c2ccccc2-c2nn[nH]n2)cc1. The largest absolute Gasteiger partial charge is 0.383 e. The van der Waals surface area contributed by atoms with E-state index in [9.17, 15) is 9.59 Å². The molecule has 6 rings (SSSR count). The topological polar surface area (TPSA) is 126 Å². The monoisotopic (exact) mass is 576 g/mol. The summed E-state index contributed by atoms with van der Waals surface area (Å²) in [6.45, 7) is 3.26. The molecule has 0 fully saturated rings. The Labute approximate surface area is 247 Å². The smallest absolute Gasteiger partial charge is 0.332 e. The Hall–Kier alpha value is -5.16. The second-order valence-corrected chi connectivity index (χ2v) is 10.2. The van der Waals surface area contributed by atoms with Gasteiger partial charge in [-0.25, -0.2) is 9.78 Å². The second kappa shape index (κ2) is 12.4. The number of benzene rings is 3. The highest BCUT2D eigenvalue weighted by Gasteiger charge is 2.21. The fourth-order valence-electron chi connectivity index (χ4n) is 5.42. The van der Waals surface area contributed by atoms with Crippen molar-refractivity contribution in [3.63, 3.8) is 0 Å². The lowest BCUT2D eigenvalue weighted by Crippen LogP contribution is -2.41. The Balaban J connectivity index is 1.40. The van der Waals surface area contributed by atoms with Gasteiger partial charge in [-0.3, -0.25) is 13.9 Å². The number of nitrogens with zero attached hydrogens (tertiary/aromatic N) is 7. The molecule has 43 heavy (non-hydrogen) atoms. The molecule has 3 aromatic heterocycles. The van der Waals surface area contributed by atoms with Gasteiger partial charge in [-0.15, -0.1) is 10.2 Å². The zero-order chi connectivity index (χ0) is 29.8. The summed E-state index contributed by atoms with van der Waals surface area (Å²) in [6.07, 6.45) is 1.24. The normalized spacial score (nSPS) is 11.4. The standard InChI is InChI=1S/C32H32N8O3/c1-3-27-33-30-28(31(41)39(19-20-43-2)32(42)38(30)18-17-22-9-5-4-6-10-22)40(27)21-23-13-15-24(16-14-23)25-11-7-8-12-26(25)29-34-36-37-35-29/h4-16H,3,17-21H2,1-2H3,(H,34,35,36,37). The van der Waals surface area contributed by atoms with Crippen LogP contribution < -0.4 is 11.2 Å². The van der Waals surface area contributed by atoms with E-state index in [0.717, 1.165) is 33.6 Å². The maximum Gasteiger partial charge on any atom is 0.332 e. The number of ether oxygens (including phenoxy) is 1. The van der Waals surface area contributed by atoms with Gasteiger partial charge in [-0.1, -0.05) is 85.8 Å². The Morgan fingerprint density at radius 2 is 1.56 bits per heavy atom. The van der Waals surface area contributed by atoms with E-state index in [1.54, 1.807) is 11.7 Å². The van der Waals surface area contributed by atoms with Crippen molar-refractivity contribution in [2.75, 3.05) is 13.7 Å². The number of methoxy groups -OCH3 is 1. The molecule has 0 aliphatic heterocycles. The Morgan fingerprint density at radius 1 is 0.814 bits per heavy atom. The van der Waals surface area contributed by atoms with Crippen molar-refractivity contribution in [2.45, 2.75) is 39.4 Å². The van der Waals surface area contributed by atoms with Crippen molar-refractivity contribution in [3.8, 4) is 22.5 Å². The van der Waals surface area contributed by atoms with Crippen LogP contribution in [0.25, 0.3) is 33.7 Å². The number of aryl methyl sites for hydroxylation is 3. The van der Waals surface area contributed by atoms with E-state index in [-0.39, 0.29) is 24.4 Å². The lowest BCUT2D eigenvalue weighted by Gasteiger charge is -2.13. The van der Waals surface area contributed by atoms with Crippen LogP contribution in [0.2, 0.25) is 0 Å². The zero-order valence-electron chi connectivity index (χ0n) is 24.1. The van der Waals surface area contributed by atoms with E-state index in [4.69, 9.17) is 9.72 Å². The number of imidazole rings is 1. The molecule has 1 N–H and O–H groups in total. The minimum atomic E-state index is -0.373. The molecule has 11 heteroatoms. The van der Waals surface area contributed by atoms with Crippen molar-refractivity contribution < 1.29 is 4.74 Å². The van der Waals surface area contributed by atoms with Gasteiger partial charge in [-0.2, -0.15) is 5.21 Å². The number of hydrogen-bond donors (Lipinski definition) is 1. The maximum absolute atomic E-state index is 13.8. The number of aromatic nitrogens is 8. The fourth-order valence-corrected chi connectivity index (χ4v) is 5.42. The van der Waals surface area contributed by atoms with Gasteiger partial charge in [-0.05, 0) is 33.9 Å². The zero-order valence-corrected chi connectivity index (χ0v) is 24.1. The molecule has 0 atom stereocenters. The summed E-state index contributed by atoms with van der Waals surface area (Å²) < 4.78 is 10.1. The lowest BCUT2D eigenvalue weighted by atomic mass is 9.98. The van der Waals surface area contributed by atoms with Crippen LogP contribution in [-0.4, -0.2) is 53.0 Å². The van der Waals surface area contributed by atoms with E-state index in [2.05, 4.69) is 20.6 Å². The van der Waals surface area contributed by atoms with Crippen LogP contribution in [0, 0.1) is 0 Å². The quantitative estimate of drug-likeness (QED) is 0.249. The predicted molar refractivity (Wildman–Crippen MR) is 164 cm³/mol. The summed E-state index contributed by atoms with van der Waals surface area (Å²) in [4.78, 5) is 32.3. The van der Waals surface area contributed by atoms with E-state index >= 15 is 0 Å². The van der Waals surface area contributed by atoms with Crippen LogP contribution in [0.4, 0.5) is 0 Å². The third-order valence-electron chi connectivity index (χ3n) is 7.61. The number of H-pyrrole nitrogens is 1. The molecule has 0 spiro atoms. The first-order valence-corrected chi connectivity index (χ1v) is 14.3. The van der Waals surface area contributed by atoms with Gasteiger partial charge >= 0.3 is 5.69 Å². The molecule has 3 heterocycles. The first kappa shape index (κ1) is 28.0. The van der Waals surface area contributed by atoms with E-state index in [1.807, 2.05) is 90.4 Å². The molecule has 0 bridgehead atoms. The highest BCUT2D eigenvalue weighted by atomic mass is 16.5. The third kappa shape index (κ3) is 5.54. The number of fused-ring (bicyclic) bond motifs is 1. The average molecular weight is 577 g/mol. The van der Waals surface area contributed by atoms with Gasteiger partial charge < -0.3 is 9.30 Å². The highest BCUT2D eigenvalue weighted by molar-refractivity contribution is 5.80. The van der Waals surface area contributed by atoms with Gasteiger partial charge in [0.15, 0.2) is 11.2 Å². The second-order valence-electron chi connectivity index (χ2n) is 10.2. The minimum absolute atomic E-state index is 0.163. The number of aromatic amines is 1. The van der Waals surface area contributed by atoms with Crippen LogP contribution in [0.15, 0.2) is 88.5 Å². The summed E-state index contributed by atoms with van der Waals surface area (Å²) in [7, 11) is 1.56. The average Bonchev–Trinajstić information content (AvgIpc) is 3.71. The molecular formula is C32H32N8O3. The Bertz CT molecular complexity index is 1960. The maximum atomic E-state index is 13.8. The first-order chi connectivity index (χ1) is 21.1. The van der Waals surface area contributed by atoms with Gasteiger partial charge in [0.25, 0.3) is 5.56 Å². The number of rotatable bonds is 11. The van der Waals surface area contributed by atoms with Crippen LogP contribution in [0.1, 0.15) is 23.9 Å².